The van der Waals surface area contributed by atoms with Crippen molar-refractivity contribution >= 4 is 45.0 Å². The second-order valence-electron chi connectivity index (χ2n) is 11.9. The van der Waals surface area contributed by atoms with Crippen LogP contribution in [0.2, 0.25) is 0 Å². The predicted molar refractivity (Wildman–Crippen MR) is 150 cm³/mol. The van der Waals surface area contributed by atoms with E-state index in [-0.39, 0.29) is 23.7 Å². The summed E-state index contributed by atoms with van der Waals surface area (Å²) in [5.74, 6) is 0. The highest BCUT2D eigenvalue weighted by molar-refractivity contribution is 6.62. The number of benzene rings is 4. The molecule has 0 amide bonds. The summed E-state index contributed by atoms with van der Waals surface area (Å²) in [6.07, 6.45) is 0. The maximum Gasteiger partial charge on any atom is 0.494 e. The Morgan fingerprint density at radius 3 is 1.81 bits per heavy atom. The minimum atomic E-state index is -0.375. The Morgan fingerprint density at radius 1 is 0.611 bits per heavy atom. The molecule has 4 heteroatoms. The molecule has 1 aliphatic heterocycles. The molecule has 2 aliphatic rings. The molecule has 0 unspecified atom stereocenters. The zero-order chi connectivity index (χ0) is 25.0. The van der Waals surface area contributed by atoms with Crippen LogP contribution in [-0.4, -0.2) is 23.3 Å². The van der Waals surface area contributed by atoms with Gasteiger partial charge in [-0.3, -0.25) is 0 Å². The molecule has 5 aromatic rings. The molecule has 0 bridgehead atoms. The number of aromatic nitrogens is 1. The summed E-state index contributed by atoms with van der Waals surface area (Å²) in [6, 6.07) is 26.4. The Balaban J connectivity index is 1.46. The van der Waals surface area contributed by atoms with Crippen LogP contribution in [0.25, 0.3) is 43.7 Å². The van der Waals surface area contributed by atoms with E-state index in [9.17, 15) is 0 Å². The van der Waals surface area contributed by atoms with Gasteiger partial charge in [0.15, 0.2) is 0 Å². The normalized spacial score (nSPS) is 19.2. The number of pyridine rings is 1. The predicted octanol–water partition coefficient (Wildman–Crippen LogP) is 7.15. The van der Waals surface area contributed by atoms with Crippen molar-refractivity contribution in [2.24, 2.45) is 0 Å². The summed E-state index contributed by atoms with van der Waals surface area (Å²) in [5.41, 5.74) is 6.07. The Morgan fingerprint density at radius 2 is 1.17 bits per heavy atom. The maximum atomic E-state index is 6.38. The Hall–Kier alpha value is -3.21. The zero-order valence-electron chi connectivity index (χ0n) is 21.8. The van der Waals surface area contributed by atoms with Crippen molar-refractivity contribution in [2.45, 2.75) is 58.2 Å². The molecule has 178 valence electrons. The molecule has 2 heterocycles. The van der Waals surface area contributed by atoms with Crippen molar-refractivity contribution in [3.63, 3.8) is 0 Å². The number of nitrogens with zero attached hydrogens (tertiary/aromatic N) is 1. The van der Waals surface area contributed by atoms with Gasteiger partial charge in [-0.2, -0.15) is 0 Å². The topological polar surface area (TPSA) is 31.4 Å². The van der Waals surface area contributed by atoms with E-state index < -0.39 is 0 Å². The Labute approximate surface area is 212 Å². The SMILES string of the molecule is CC1(C)c2cc(B3OC(C)(C)C(C)(C)O3)ccc2-c2nc3c4ccccc4c4ccccc4c3cc21. The molecule has 0 radical (unpaired) electrons. The van der Waals surface area contributed by atoms with Crippen LogP contribution in [-0.2, 0) is 14.7 Å². The van der Waals surface area contributed by atoms with Gasteiger partial charge in [0, 0.05) is 21.8 Å². The lowest BCUT2D eigenvalue weighted by atomic mass is 9.74. The van der Waals surface area contributed by atoms with Gasteiger partial charge < -0.3 is 9.31 Å². The molecule has 1 saturated heterocycles. The summed E-state index contributed by atoms with van der Waals surface area (Å²) in [7, 11) is -0.375. The third-order valence-electron chi connectivity index (χ3n) is 8.88. The van der Waals surface area contributed by atoms with E-state index in [0.717, 1.165) is 16.7 Å². The number of rotatable bonds is 1. The molecule has 1 aliphatic carbocycles. The van der Waals surface area contributed by atoms with Crippen molar-refractivity contribution < 1.29 is 9.31 Å². The van der Waals surface area contributed by atoms with Crippen LogP contribution >= 0.6 is 0 Å². The highest BCUT2D eigenvalue weighted by Crippen LogP contribution is 2.50. The first-order valence-corrected chi connectivity index (χ1v) is 12.8. The van der Waals surface area contributed by atoms with Crippen molar-refractivity contribution in [1.29, 1.82) is 0 Å². The molecule has 0 atom stereocenters. The van der Waals surface area contributed by atoms with Crippen LogP contribution in [0.3, 0.4) is 0 Å². The summed E-state index contributed by atoms with van der Waals surface area (Å²) in [6.45, 7) is 13.0. The zero-order valence-corrected chi connectivity index (χ0v) is 21.8. The van der Waals surface area contributed by atoms with Crippen molar-refractivity contribution in [3.05, 3.63) is 83.9 Å². The molecule has 4 aromatic carbocycles. The molecule has 1 aromatic heterocycles. The first kappa shape index (κ1) is 22.0. The van der Waals surface area contributed by atoms with Gasteiger partial charge in [-0.05, 0) is 66.5 Å². The average Bonchev–Trinajstić information content (AvgIpc) is 3.22. The minimum Gasteiger partial charge on any atom is -0.399 e. The molecule has 1 fully saturated rings. The summed E-state index contributed by atoms with van der Waals surface area (Å²) in [4.78, 5) is 5.38. The van der Waals surface area contributed by atoms with Gasteiger partial charge in [-0.25, -0.2) is 4.98 Å². The Kier molecular flexibility index (Phi) is 4.26. The van der Waals surface area contributed by atoms with Gasteiger partial charge in [-0.1, -0.05) is 80.6 Å². The van der Waals surface area contributed by atoms with Crippen molar-refractivity contribution in [2.75, 3.05) is 0 Å². The number of hydrogen-bond acceptors (Lipinski definition) is 3. The van der Waals surface area contributed by atoms with Gasteiger partial charge in [0.05, 0.1) is 22.4 Å². The largest absolute Gasteiger partial charge is 0.494 e. The van der Waals surface area contributed by atoms with Gasteiger partial charge in [0.1, 0.15) is 0 Å². The molecule has 7 rings (SSSR count). The van der Waals surface area contributed by atoms with Gasteiger partial charge in [-0.15, -0.1) is 0 Å². The lowest BCUT2D eigenvalue weighted by molar-refractivity contribution is 0.00578. The van der Waals surface area contributed by atoms with E-state index in [1.54, 1.807) is 0 Å². The smallest absolute Gasteiger partial charge is 0.399 e. The third kappa shape index (κ3) is 2.80. The summed E-state index contributed by atoms with van der Waals surface area (Å²) in [5, 5.41) is 6.20. The third-order valence-corrected chi connectivity index (χ3v) is 8.88. The summed E-state index contributed by atoms with van der Waals surface area (Å²) >= 11 is 0. The van der Waals surface area contributed by atoms with E-state index in [2.05, 4.69) is 114 Å². The highest BCUT2D eigenvalue weighted by Gasteiger charge is 2.52. The molecule has 36 heavy (non-hydrogen) atoms. The van der Waals surface area contributed by atoms with Gasteiger partial charge in [0.25, 0.3) is 0 Å². The lowest BCUT2D eigenvalue weighted by Gasteiger charge is -2.32. The van der Waals surface area contributed by atoms with E-state index in [4.69, 9.17) is 14.3 Å². The number of hydrogen-bond donors (Lipinski definition) is 0. The Bertz CT molecular complexity index is 1720. The molecule has 3 nitrogen and oxygen atoms in total. The molecule has 0 spiro atoms. The van der Waals surface area contributed by atoms with Crippen LogP contribution in [0.4, 0.5) is 0 Å². The van der Waals surface area contributed by atoms with E-state index in [1.165, 1.54) is 43.6 Å². The fourth-order valence-corrected chi connectivity index (χ4v) is 6.04. The molecule has 0 N–H and O–H groups in total. The lowest BCUT2D eigenvalue weighted by Crippen LogP contribution is -2.41. The van der Waals surface area contributed by atoms with Crippen LogP contribution < -0.4 is 5.46 Å². The monoisotopic (exact) mass is 471 g/mol. The van der Waals surface area contributed by atoms with E-state index >= 15 is 0 Å². The van der Waals surface area contributed by atoms with Crippen LogP contribution in [0, 0.1) is 0 Å². The minimum absolute atomic E-state index is 0.182. The van der Waals surface area contributed by atoms with E-state index in [1.807, 2.05) is 0 Å². The van der Waals surface area contributed by atoms with Gasteiger partial charge >= 0.3 is 7.12 Å². The maximum absolute atomic E-state index is 6.38. The van der Waals surface area contributed by atoms with Gasteiger partial charge in [0.2, 0.25) is 0 Å². The summed E-state index contributed by atoms with van der Waals surface area (Å²) < 4.78 is 12.8. The first-order valence-electron chi connectivity index (χ1n) is 12.8. The second kappa shape index (κ2) is 6.97. The van der Waals surface area contributed by atoms with Crippen molar-refractivity contribution in [3.8, 4) is 11.3 Å². The van der Waals surface area contributed by atoms with Crippen LogP contribution in [0.15, 0.2) is 72.8 Å². The van der Waals surface area contributed by atoms with Crippen LogP contribution in [0.5, 0.6) is 0 Å². The fraction of sp³-hybridized carbons (Fsp3) is 0.281. The molecular formula is C32H30BNO2. The van der Waals surface area contributed by atoms with E-state index in [0.29, 0.717) is 0 Å². The van der Waals surface area contributed by atoms with Crippen LogP contribution in [0.1, 0.15) is 52.7 Å². The average molecular weight is 471 g/mol. The molecule has 0 saturated carbocycles. The quantitative estimate of drug-likeness (QED) is 0.192. The highest BCUT2D eigenvalue weighted by atomic mass is 16.7. The second-order valence-corrected chi connectivity index (χ2v) is 11.9. The fourth-order valence-electron chi connectivity index (χ4n) is 6.04. The molecular weight excluding hydrogens is 441 g/mol. The number of fused-ring (bicyclic) bond motifs is 9. The van der Waals surface area contributed by atoms with Crippen molar-refractivity contribution in [1.82, 2.24) is 4.98 Å². The first-order chi connectivity index (χ1) is 17.1. The standard InChI is InChI=1S/C32H30BNO2/c1-30(2)26-17-19(33-35-31(3,4)32(5,6)36-33)15-16-24(26)29-27(30)18-25-22-13-8-7-11-20(22)21-12-9-10-14-23(21)28(25)34-29/h7-18H,1-6H3.